The lowest BCUT2D eigenvalue weighted by Gasteiger charge is -2.18. The lowest BCUT2D eigenvalue weighted by atomic mass is 10.2. The number of benzene rings is 2. The number of thiophene rings is 1. The number of ether oxygens (including phenoxy) is 1. The Morgan fingerprint density at radius 3 is 2.76 bits per heavy atom. The van der Waals surface area contributed by atoms with Crippen LogP contribution in [0.1, 0.15) is 17.4 Å². The van der Waals surface area contributed by atoms with E-state index in [1.165, 1.54) is 11.3 Å². The maximum absolute atomic E-state index is 13.1. The quantitative estimate of drug-likeness (QED) is 0.344. The largest absolute Gasteiger partial charge is 0.494 e. The van der Waals surface area contributed by atoms with Gasteiger partial charge in [0.05, 0.1) is 23.4 Å². The van der Waals surface area contributed by atoms with Crippen molar-refractivity contribution < 1.29 is 9.53 Å². The molecule has 4 rings (SSSR count). The molecule has 0 aliphatic rings. The zero-order chi connectivity index (χ0) is 20.1. The molecule has 4 aromatic rings. The molecule has 0 radical (unpaired) electrons. The van der Waals surface area contributed by atoms with Gasteiger partial charge in [0.1, 0.15) is 5.75 Å². The van der Waals surface area contributed by atoms with Crippen molar-refractivity contribution in [3.63, 3.8) is 0 Å². The Labute approximate surface area is 177 Å². The molecule has 0 fully saturated rings. The van der Waals surface area contributed by atoms with Gasteiger partial charge in [-0.25, -0.2) is 4.98 Å². The molecule has 29 heavy (non-hydrogen) atoms. The molecule has 6 heteroatoms. The van der Waals surface area contributed by atoms with Gasteiger partial charge in [-0.15, -0.1) is 11.3 Å². The standard InChI is InChI=1S/C23H20N2O2S2/c1-2-27-18-10-12-20-21(15-18)29-23(24-20)25(16-17-7-4-3-5-8-17)22(26)13-11-19-9-6-14-28-19/h3-15H,2,16H2,1H3/b13-11+. The van der Waals surface area contributed by atoms with Crippen LogP contribution in [0.5, 0.6) is 5.75 Å². The predicted octanol–water partition coefficient (Wildman–Crippen LogP) is 6.00. The van der Waals surface area contributed by atoms with Gasteiger partial charge < -0.3 is 4.74 Å². The Bertz CT molecular complexity index is 1120. The van der Waals surface area contributed by atoms with E-state index >= 15 is 0 Å². The smallest absolute Gasteiger partial charge is 0.253 e. The van der Waals surface area contributed by atoms with E-state index in [4.69, 9.17) is 9.72 Å². The van der Waals surface area contributed by atoms with Crippen LogP contribution < -0.4 is 9.64 Å². The number of carbonyl (C=O) groups is 1. The molecule has 0 unspecified atom stereocenters. The molecule has 0 saturated heterocycles. The molecule has 0 N–H and O–H groups in total. The number of thiazole rings is 1. The average molecular weight is 421 g/mol. The number of rotatable bonds is 7. The van der Waals surface area contributed by atoms with Crippen molar-refractivity contribution in [2.45, 2.75) is 13.5 Å². The first-order valence-electron chi connectivity index (χ1n) is 9.33. The highest BCUT2D eigenvalue weighted by atomic mass is 32.1. The fourth-order valence-electron chi connectivity index (χ4n) is 2.90. The van der Waals surface area contributed by atoms with Crippen LogP contribution in [-0.4, -0.2) is 17.5 Å². The Morgan fingerprint density at radius 2 is 2.00 bits per heavy atom. The van der Waals surface area contributed by atoms with Crippen LogP contribution in [0.3, 0.4) is 0 Å². The molecule has 146 valence electrons. The summed E-state index contributed by atoms with van der Waals surface area (Å²) in [6, 6.07) is 19.8. The fourth-order valence-corrected chi connectivity index (χ4v) is 4.52. The van der Waals surface area contributed by atoms with Gasteiger partial charge in [-0.1, -0.05) is 47.7 Å². The van der Waals surface area contributed by atoms with Gasteiger partial charge in [-0.3, -0.25) is 9.69 Å². The first-order chi connectivity index (χ1) is 14.2. The Kier molecular flexibility index (Phi) is 6.03. The van der Waals surface area contributed by atoms with Gasteiger partial charge in [-0.05, 0) is 48.2 Å². The second-order valence-corrected chi connectivity index (χ2v) is 8.31. The summed E-state index contributed by atoms with van der Waals surface area (Å²) in [6.45, 7) is 3.04. The van der Waals surface area contributed by atoms with E-state index in [0.29, 0.717) is 18.3 Å². The van der Waals surface area contributed by atoms with Crippen molar-refractivity contribution >= 4 is 50.0 Å². The number of nitrogens with zero attached hydrogens (tertiary/aromatic N) is 2. The monoisotopic (exact) mass is 420 g/mol. The molecule has 0 aliphatic carbocycles. The number of aromatic nitrogens is 1. The number of fused-ring (bicyclic) bond motifs is 1. The summed E-state index contributed by atoms with van der Waals surface area (Å²) < 4.78 is 6.59. The summed E-state index contributed by atoms with van der Waals surface area (Å²) in [5.74, 6) is 0.722. The molecular weight excluding hydrogens is 400 g/mol. The SMILES string of the molecule is CCOc1ccc2nc(N(Cc3ccccc3)C(=O)/C=C/c3cccs3)sc2c1. The van der Waals surface area contributed by atoms with E-state index in [0.717, 1.165) is 26.4 Å². The number of amides is 1. The van der Waals surface area contributed by atoms with Crippen LogP contribution in [-0.2, 0) is 11.3 Å². The minimum Gasteiger partial charge on any atom is -0.494 e. The van der Waals surface area contributed by atoms with Crippen molar-refractivity contribution in [2.24, 2.45) is 0 Å². The normalized spacial score (nSPS) is 11.2. The Balaban J connectivity index is 1.67. The molecule has 0 spiro atoms. The Hall–Kier alpha value is -2.96. The number of carbonyl (C=O) groups excluding carboxylic acids is 1. The van der Waals surface area contributed by atoms with Crippen molar-refractivity contribution in [3.05, 3.63) is 82.6 Å². The maximum atomic E-state index is 13.1. The summed E-state index contributed by atoms with van der Waals surface area (Å²) in [5, 5.41) is 2.67. The van der Waals surface area contributed by atoms with E-state index in [-0.39, 0.29) is 5.91 Å². The van der Waals surface area contributed by atoms with E-state index in [1.54, 1.807) is 22.3 Å². The summed E-state index contributed by atoms with van der Waals surface area (Å²) >= 11 is 3.10. The van der Waals surface area contributed by atoms with Crippen LogP contribution >= 0.6 is 22.7 Å². The fraction of sp³-hybridized carbons (Fsp3) is 0.130. The third-order valence-corrected chi connectivity index (χ3v) is 6.15. The topological polar surface area (TPSA) is 42.4 Å². The third-order valence-electron chi connectivity index (χ3n) is 4.27. The van der Waals surface area contributed by atoms with E-state index in [2.05, 4.69) is 0 Å². The zero-order valence-corrected chi connectivity index (χ0v) is 17.6. The van der Waals surface area contributed by atoms with Crippen LogP contribution in [0.15, 0.2) is 72.1 Å². The predicted molar refractivity (Wildman–Crippen MR) is 122 cm³/mol. The summed E-state index contributed by atoms with van der Waals surface area (Å²) in [6.07, 6.45) is 3.47. The van der Waals surface area contributed by atoms with Gasteiger partial charge in [0.2, 0.25) is 0 Å². The van der Waals surface area contributed by atoms with Crippen LogP contribution in [0.25, 0.3) is 16.3 Å². The highest BCUT2D eigenvalue weighted by molar-refractivity contribution is 7.22. The van der Waals surface area contributed by atoms with E-state index in [9.17, 15) is 4.79 Å². The zero-order valence-electron chi connectivity index (χ0n) is 15.9. The van der Waals surface area contributed by atoms with Crippen molar-refractivity contribution in [3.8, 4) is 5.75 Å². The van der Waals surface area contributed by atoms with Gasteiger partial charge >= 0.3 is 0 Å². The van der Waals surface area contributed by atoms with Crippen molar-refractivity contribution in [1.82, 2.24) is 4.98 Å². The van der Waals surface area contributed by atoms with Gasteiger partial charge in [0.25, 0.3) is 5.91 Å². The van der Waals surface area contributed by atoms with Crippen LogP contribution in [0.2, 0.25) is 0 Å². The minimum atomic E-state index is -0.0914. The Morgan fingerprint density at radius 1 is 1.14 bits per heavy atom. The first kappa shape index (κ1) is 19.4. The van der Waals surface area contributed by atoms with Crippen LogP contribution in [0.4, 0.5) is 5.13 Å². The molecule has 0 bridgehead atoms. The van der Waals surface area contributed by atoms with E-state index in [1.807, 2.05) is 79.0 Å². The average Bonchev–Trinajstić information content (AvgIpc) is 3.40. The second kappa shape index (κ2) is 9.03. The second-order valence-electron chi connectivity index (χ2n) is 6.32. The third kappa shape index (κ3) is 4.72. The summed E-state index contributed by atoms with van der Waals surface area (Å²) in [7, 11) is 0. The highest BCUT2D eigenvalue weighted by Crippen LogP contribution is 2.32. The highest BCUT2D eigenvalue weighted by Gasteiger charge is 2.18. The van der Waals surface area contributed by atoms with Gasteiger partial charge in [0, 0.05) is 11.0 Å². The minimum absolute atomic E-state index is 0.0914. The van der Waals surface area contributed by atoms with Crippen LogP contribution in [0, 0.1) is 0 Å². The number of hydrogen-bond acceptors (Lipinski definition) is 5. The lowest BCUT2D eigenvalue weighted by Crippen LogP contribution is -2.28. The van der Waals surface area contributed by atoms with Crippen molar-refractivity contribution in [2.75, 3.05) is 11.5 Å². The lowest BCUT2D eigenvalue weighted by molar-refractivity contribution is -0.114. The van der Waals surface area contributed by atoms with Gasteiger partial charge in [-0.2, -0.15) is 0 Å². The summed E-state index contributed by atoms with van der Waals surface area (Å²) in [5.41, 5.74) is 1.92. The molecule has 2 aromatic carbocycles. The maximum Gasteiger partial charge on any atom is 0.253 e. The molecule has 0 aliphatic heterocycles. The molecule has 2 heterocycles. The molecule has 0 atom stereocenters. The first-order valence-corrected chi connectivity index (χ1v) is 11.0. The molecule has 0 saturated carbocycles. The molecule has 4 nitrogen and oxygen atoms in total. The van der Waals surface area contributed by atoms with Gasteiger partial charge in [0.15, 0.2) is 5.13 Å². The molecular formula is C23H20N2O2S2. The van der Waals surface area contributed by atoms with Crippen molar-refractivity contribution in [1.29, 1.82) is 0 Å². The molecule has 1 amide bonds. The number of anilines is 1. The number of hydrogen-bond donors (Lipinski definition) is 0. The summed E-state index contributed by atoms with van der Waals surface area (Å²) in [4.78, 5) is 20.6. The van der Waals surface area contributed by atoms with E-state index < -0.39 is 0 Å². The molecule has 2 aromatic heterocycles.